The molecule has 0 spiro atoms. The number of rotatable bonds is 53. The number of carbonyl (C=O) groups is 2. The molecule has 0 amide bonds. The van der Waals surface area contributed by atoms with E-state index in [4.69, 9.17) is 24.3 Å². The summed E-state index contributed by atoms with van der Waals surface area (Å²) in [6.07, 6.45) is 67.0. The highest BCUT2D eigenvalue weighted by Crippen LogP contribution is 2.43. The van der Waals surface area contributed by atoms with Crippen molar-refractivity contribution in [2.45, 2.75) is 270 Å². The molecule has 0 saturated carbocycles. The normalized spacial score (nSPS) is 13.5. The van der Waals surface area contributed by atoms with Crippen molar-refractivity contribution in [2.75, 3.05) is 26.4 Å². The van der Waals surface area contributed by atoms with Crippen molar-refractivity contribution in [3.05, 3.63) is 60.8 Å². The van der Waals surface area contributed by atoms with Gasteiger partial charge in [0, 0.05) is 19.4 Å². The summed E-state index contributed by atoms with van der Waals surface area (Å²) in [5.41, 5.74) is 5.37. The monoisotopic (exact) mass is 976 g/mol. The molecule has 0 bridgehead atoms. The Bertz CT molecular complexity index is 1300. The number of allylic oxidation sites excluding steroid dienone is 10. The first-order valence-corrected chi connectivity index (χ1v) is 29.8. The molecule has 0 aliphatic heterocycles. The number of hydrogen-bond donors (Lipinski definition) is 2. The van der Waals surface area contributed by atoms with E-state index in [0.29, 0.717) is 12.8 Å². The van der Waals surface area contributed by atoms with Crippen LogP contribution in [0.25, 0.3) is 0 Å². The fourth-order valence-corrected chi connectivity index (χ4v) is 8.67. The Kier molecular flexibility index (Phi) is 52.2. The zero-order valence-corrected chi connectivity index (χ0v) is 45.0. The van der Waals surface area contributed by atoms with Crippen LogP contribution in [-0.2, 0) is 32.7 Å². The lowest BCUT2D eigenvalue weighted by Gasteiger charge is -2.19. The van der Waals surface area contributed by atoms with Crippen molar-refractivity contribution < 1.29 is 37.6 Å². The highest BCUT2D eigenvalue weighted by Gasteiger charge is 2.26. The quantitative estimate of drug-likeness (QED) is 0.0264. The summed E-state index contributed by atoms with van der Waals surface area (Å²) in [6, 6.07) is 0. The maximum Gasteiger partial charge on any atom is 0.472 e. The second-order valence-electron chi connectivity index (χ2n) is 18.8. The third-order valence-corrected chi connectivity index (χ3v) is 13.1. The van der Waals surface area contributed by atoms with E-state index in [1.54, 1.807) is 0 Å². The molecule has 2 unspecified atom stereocenters. The van der Waals surface area contributed by atoms with Crippen LogP contribution < -0.4 is 5.73 Å². The van der Waals surface area contributed by atoms with Gasteiger partial charge < -0.3 is 20.1 Å². The number of hydrogen-bond acceptors (Lipinski definition) is 8. The fraction of sp³-hybridized carbons (Fsp3) is 0.793. The Labute approximate surface area is 419 Å². The molecule has 10 heteroatoms. The van der Waals surface area contributed by atoms with Gasteiger partial charge in [0.05, 0.1) is 13.2 Å². The summed E-state index contributed by atoms with van der Waals surface area (Å²) in [6.45, 7) is 3.72. The van der Waals surface area contributed by atoms with Crippen LogP contribution in [0.2, 0.25) is 0 Å². The number of phosphoric acid groups is 1. The second-order valence-corrected chi connectivity index (χ2v) is 20.3. The maximum atomic E-state index is 12.7. The third kappa shape index (κ3) is 53.1. The Morgan fingerprint density at radius 3 is 1.15 bits per heavy atom. The molecule has 2 atom stereocenters. The van der Waals surface area contributed by atoms with Crippen molar-refractivity contribution in [1.29, 1.82) is 0 Å². The summed E-state index contributed by atoms with van der Waals surface area (Å²) < 4.78 is 33.0. The second kappa shape index (κ2) is 54.1. The van der Waals surface area contributed by atoms with Gasteiger partial charge in [-0.3, -0.25) is 18.6 Å². The minimum absolute atomic E-state index is 0.0504. The highest BCUT2D eigenvalue weighted by atomic mass is 31.2. The van der Waals surface area contributed by atoms with E-state index in [1.165, 1.54) is 154 Å². The molecular formula is C58H106NO8P. The summed E-state index contributed by atoms with van der Waals surface area (Å²) in [5, 5.41) is 0. The predicted octanol–water partition coefficient (Wildman–Crippen LogP) is 17.6. The number of ether oxygens (including phenoxy) is 2. The lowest BCUT2D eigenvalue weighted by atomic mass is 10.0. The average Bonchev–Trinajstić information content (AvgIpc) is 3.33. The first kappa shape index (κ1) is 65.7. The van der Waals surface area contributed by atoms with E-state index in [2.05, 4.69) is 74.6 Å². The fourth-order valence-electron chi connectivity index (χ4n) is 7.91. The van der Waals surface area contributed by atoms with Gasteiger partial charge >= 0.3 is 19.8 Å². The van der Waals surface area contributed by atoms with Crippen LogP contribution in [0.4, 0.5) is 0 Å². The molecule has 0 aromatic rings. The van der Waals surface area contributed by atoms with Crippen LogP contribution in [0.15, 0.2) is 60.8 Å². The molecule has 0 aliphatic rings. The van der Waals surface area contributed by atoms with E-state index >= 15 is 0 Å². The molecule has 0 saturated heterocycles. The number of unbranched alkanes of at least 4 members (excludes halogenated alkanes) is 30. The number of esters is 2. The van der Waals surface area contributed by atoms with Crippen molar-refractivity contribution in [3.63, 3.8) is 0 Å². The van der Waals surface area contributed by atoms with Gasteiger partial charge in [0.1, 0.15) is 6.61 Å². The summed E-state index contributed by atoms with van der Waals surface area (Å²) in [4.78, 5) is 35.1. The molecule has 0 aliphatic carbocycles. The molecule has 0 heterocycles. The molecule has 0 aromatic carbocycles. The zero-order chi connectivity index (χ0) is 49.5. The Balaban J connectivity index is 3.94. The molecule has 0 aromatic heterocycles. The zero-order valence-electron chi connectivity index (χ0n) is 44.1. The topological polar surface area (TPSA) is 134 Å². The van der Waals surface area contributed by atoms with Gasteiger partial charge in [-0.2, -0.15) is 0 Å². The summed E-state index contributed by atoms with van der Waals surface area (Å²) in [5.74, 6) is -0.838. The highest BCUT2D eigenvalue weighted by molar-refractivity contribution is 7.47. The number of carbonyl (C=O) groups excluding carboxylic acids is 2. The first-order valence-electron chi connectivity index (χ1n) is 28.3. The molecule has 396 valence electrons. The van der Waals surface area contributed by atoms with Crippen LogP contribution >= 0.6 is 7.82 Å². The lowest BCUT2D eigenvalue weighted by molar-refractivity contribution is -0.161. The third-order valence-electron chi connectivity index (χ3n) is 12.1. The van der Waals surface area contributed by atoms with Gasteiger partial charge in [-0.05, 0) is 83.5 Å². The van der Waals surface area contributed by atoms with Crippen LogP contribution in [0.5, 0.6) is 0 Å². The van der Waals surface area contributed by atoms with Crippen LogP contribution in [0.3, 0.4) is 0 Å². The molecule has 3 N–H and O–H groups in total. The molecule has 0 radical (unpaired) electrons. The largest absolute Gasteiger partial charge is 0.472 e. The molecule has 0 fully saturated rings. The van der Waals surface area contributed by atoms with Gasteiger partial charge in [-0.1, -0.05) is 229 Å². The molecular weight excluding hydrogens is 870 g/mol. The van der Waals surface area contributed by atoms with Gasteiger partial charge in [0.15, 0.2) is 6.10 Å². The summed E-state index contributed by atoms with van der Waals surface area (Å²) >= 11 is 0. The standard InChI is InChI=1S/C58H106NO8P/c1-3-5-7-9-11-13-15-17-19-21-22-23-24-25-26-27-28-29-30-31-32-33-34-35-37-39-41-43-45-47-49-51-58(61)67-56(55-66-68(62,63)65-53-52-59)54-64-57(60)50-48-46-44-42-40-38-36-20-18-16-14-12-10-8-6-4-2/h14-17,20-22,24-25,36,56H,3-13,18-19,23,26-35,37-55,59H2,1-2H3,(H,62,63)/b16-14-,17-15-,22-21-,25-24-,36-20-. The summed E-state index contributed by atoms with van der Waals surface area (Å²) in [7, 11) is -4.39. The average molecular weight is 976 g/mol. The minimum atomic E-state index is -4.39. The molecule has 68 heavy (non-hydrogen) atoms. The van der Waals surface area contributed by atoms with Gasteiger partial charge in [0.25, 0.3) is 0 Å². The lowest BCUT2D eigenvalue weighted by Crippen LogP contribution is -2.29. The number of phosphoric ester groups is 1. The van der Waals surface area contributed by atoms with E-state index in [9.17, 15) is 19.0 Å². The van der Waals surface area contributed by atoms with E-state index in [0.717, 1.165) is 70.6 Å². The van der Waals surface area contributed by atoms with Crippen LogP contribution in [0.1, 0.15) is 264 Å². The first-order chi connectivity index (χ1) is 33.3. The van der Waals surface area contributed by atoms with Crippen molar-refractivity contribution >= 4 is 19.8 Å². The van der Waals surface area contributed by atoms with Crippen molar-refractivity contribution in [2.24, 2.45) is 5.73 Å². The SMILES string of the molecule is CCCCCC/C=C\C/C=C\CCCCCCCC(=O)OCC(COP(=O)(O)OCCN)OC(=O)CCCCCCCCCCCCCCCCCC/C=C\C/C=C\C/C=C\CCCCCCC. The van der Waals surface area contributed by atoms with Crippen LogP contribution in [0, 0.1) is 0 Å². The predicted molar refractivity (Wildman–Crippen MR) is 289 cm³/mol. The van der Waals surface area contributed by atoms with E-state index in [1.807, 2.05) is 0 Å². The van der Waals surface area contributed by atoms with Gasteiger partial charge in [-0.15, -0.1) is 0 Å². The van der Waals surface area contributed by atoms with Gasteiger partial charge in [-0.25, -0.2) is 4.57 Å². The molecule has 9 nitrogen and oxygen atoms in total. The Morgan fingerprint density at radius 2 is 0.765 bits per heavy atom. The van der Waals surface area contributed by atoms with Gasteiger partial charge in [0.2, 0.25) is 0 Å². The Morgan fingerprint density at radius 1 is 0.441 bits per heavy atom. The van der Waals surface area contributed by atoms with Crippen LogP contribution in [-0.4, -0.2) is 49.3 Å². The van der Waals surface area contributed by atoms with Crippen molar-refractivity contribution in [1.82, 2.24) is 0 Å². The smallest absolute Gasteiger partial charge is 0.462 e. The van der Waals surface area contributed by atoms with Crippen molar-refractivity contribution in [3.8, 4) is 0 Å². The minimum Gasteiger partial charge on any atom is -0.462 e. The number of nitrogens with two attached hydrogens (primary N) is 1. The van der Waals surface area contributed by atoms with E-state index < -0.39 is 32.5 Å². The Hall–Kier alpha value is -2.29. The maximum absolute atomic E-state index is 12.7. The molecule has 0 rings (SSSR count). The van der Waals surface area contributed by atoms with E-state index in [-0.39, 0.29) is 32.6 Å².